The molecule has 2 atom stereocenters. The van der Waals surface area contributed by atoms with Crippen molar-refractivity contribution in [3.05, 3.63) is 22.2 Å². The number of piperidine rings is 1. The van der Waals surface area contributed by atoms with Crippen LogP contribution in [0.3, 0.4) is 0 Å². The van der Waals surface area contributed by atoms with Crippen LogP contribution in [0.1, 0.15) is 25.5 Å². The van der Waals surface area contributed by atoms with Crippen molar-refractivity contribution >= 4 is 5.82 Å². The molecule has 0 amide bonds. The lowest BCUT2D eigenvalue weighted by Gasteiger charge is -2.37. The molecule has 1 aromatic rings. The van der Waals surface area contributed by atoms with Gasteiger partial charge in [0, 0.05) is 18.6 Å². The van der Waals surface area contributed by atoms with Crippen molar-refractivity contribution in [1.29, 1.82) is 5.26 Å². The van der Waals surface area contributed by atoms with E-state index in [0.717, 1.165) is 12.8 Å². The van der Waals surface area contributed by atoms with Gasteiger partial charge < -0.3 is 15.6 Å². The van der Waals surface area contributed by atoms with Crippen LogP contribution >= 0.6 is 0 Å². The minimum absolute atomic E-state index is 0.109. The van der Waals surface area contributed by atoms with Crippen molar-refractivity contribution in [2.75, 3.05) is 11.4 Å². The third-order valence-electron chi connectivity index (χ3n) is 3.11. The number of nitrogens with one attached hydrogen (secondary N) is 1. The molecule has 2 rings (SSSR count). The summed E-state index contributed by atoms with van der Waals surface area (Å²) in [5, 5.41) is 8.65. The third-order valence-corrected chi connectivity index (χ3v) is 3.11. The zero-order valence-corrected chi connectivity index (χ0v) is 9.68. The first kappa shape index (κ1) is 11.6. The fourth-order valence-electron chi connectivity index (χ4n) is 2.09. The Morgan fingerprint density at radius 2 is 2.41 bits per heavy atom. The molecule has 0 aliphatic carbocycles. The molecule has 3 N–H and O–H groups in total. The van der Waals surface area contributed by atoms with Gasteiger partial charge in [-0.1, -0.05) is 0 Å². The molecule has 2 unspecified atom stereocenters. The van der Waals surface area contributed by atoms with Gasteiger partial charge in [-0.2, -0.15) is 5.26 Å². The number of nitrogens with zero attached hydrogens (tertiary/aromatic N) is 3. The van der Waals surface area contributed by atoms with Crippen molar-refractivity contribution in [1.82, 2.24) is 9.97 Å². The Morgan fingerprint density at radius 1 is 1.65 bits per heavy atom. The Morgan fingerprint density at radius 3 is 3.06 bits per heavy atom. The highest BCUT2D eigenvalue weighted by Crippen LogP contribution is 2.20. The maximum absolute atomic E-state index is 11.5. The highest BCUT2D eigenvalue weighted by atomic mass is 16.1. The Kier molecular flexibility index (Phi) is 3.11. The fourth-order valence-corrected chi connectivity index (χ4v) is 2.09. The average Bonchev–Trinajstić information content (AvgIpc) is 2.32. The number of hydrogen-bond donors (Lipinski definition) is 2. The van der Waals surface area contributed by atoms with Gasteiger partial charge in [-0.15, -0.1) is 0 Å². The van der Waals surface area contributed by atoms with Crippen LogP contribution in [-0.2, 0) is 0 Å². The van der Waals surface area contributed by atoms with Crippen LogP contribution in [0.5, 0.6) is 0 Å². The van der Waals surface area contributed by atoms with Gasteiger partial charge in [0.25, 0.3) is 5.56 Å². The molecule has 0 saturated carbocycles. The fraction of sp³-hybridized carbons (Fsp3) is 0.545. The zero-order chi connectivity index (χ0) is 12.4. The SMILES string of the molecule is CC1CCC(N)CN1c1cnc(C#N)c(=O)[nH]1. The largest absolute Gasteiger partial charge is 0.353 e. The lowest BCUT2D eigenvalue weighted by Crippen LogP contribution is -2.48. The highest BCUT2D eigenvalue weighted by Gasteiger charge is 2.24. The van der Waals surface area contributed by atoms with Crippen molar-refractivity contribution in [3.8, 4) is 6.07 Å². The van der Waals surface area contributed by atoms with Crippen LogP contribution in [0.2, 0.25) is 0 Å². The second kappa shape index (κ2) is 4.55. The third kappa shape index (κ3) is 2.29. The summed E-state index contributed by atoms with van der Waals surface area (Å²) in [4.78, 5) is 20.1. The smallest absolute Gasteiger partial charge is 0.286 e. The second-order valence-electron chi connectivity index (χ2n) is 4.40. The van der Waals surface area contributed by atoms with Gasteiger partial charge in [0.05, 0.1) is 6.20 Å². The van der Waals surface area contributed by atoms with Crippen LogP contribution in [0.4, 0.5) is 5.82 Å². The van der Waals surface area contributed by atoms with E-state index in [2.05, 4.69) is 16.9 Å². The summed E-state index contributed by atoms with van der Waals surface area (Å²) in [6.45, 7) is 2.78. The maximum atomic E-state index is 11.5. The van der Waals surface area contributed by atoms with E-state index in [1.807, 2.05) is 4.90 Å². The topological polar surface area (TPSA) is 98.8 Å². The molecule has 6 heteroatoms. The Labute approximate surface area is 99.1 Å². The molecule has 1 saturated heterocycles. The minimum Gasteiger partial charge on any atom is -0.353 e. The van der Waals surface area contributed by atoms with Crippen molar-refractivity contribution in [2.45, 2.75) is 31.8 Å². The lowest BCUT2D eigenvalue weighted by molar-refractivity contribution is 0.433. The van der Waals surface area contributed by atoms with Crippen LogP contribution in [-0.4, -0.2) is 28.6 Å². The number of H-pyrrole nitrogens is 1. The summed E-state index contributed by atoms with van der Waals surface area (Å²) < 4.78 is 0. The molecule has 1 aromatic heterocycles. The predicted molar refractivity (Wildman–Crippen MR) is 63.6 cm³/mol. The molecule has 1 fully saturated rings. The predicted octanol–water partition coefficient (Wildman–Crippen LogP) is -0.0424. The summed E-state index contributed by atoms with van der Waals surface area (Å²) in [5.41, 5.74) is 5.36. The number of rotatable bonds is 1. The monoisotopic (exact) mass is 233 g/mol. The van der Waals surface area contributed by atoms with E-state index in [4.69, 9.17) is 11.0 Å². The number of nitriles is 1. The molecule has 0 bridgehead atoms. The first-order chi connectivity index (χ1) is 8.11. The minimum atomic E-state index is -0.448. The summed E-state index contributed by atoms with van der Waals surface area (Å²) in [6.07, 6.45) is 3.50. The molecular formula is C11H15N5O. The van der Waals surface area contributed by atoms with Gasteiger partial charge >= 0.3 is 0 Å². The summed E-state index contributed by atoms with van der Waals surface area (Å²) in [5.74, 6) is 0.636. The Balaban J connectivity index is 2.30. The molecule has 2 heterocycles. The standard InChI is InChI=1S/C11H15N5O/c1-7-2-3-8(13)6-16(7)10-5-14-9(4-12)11(17)15-10/h5,7-8H,2-3,6,13H2,1H3,(H,15,17). The van der Waals surface area contributed by atoms with Gasteiger partial charge in [-0.05, 0) is 19.8 Å². The Hall–Kier alpha value is -1.87. The van der Waals surface area contributed by atoms with E-state index in [1.165, 1.54) is 6.20 Å². The average molecular weight is 233 g/mol. The maximum Gasteiger partial charge on any atom is 0.286 e. The molecule has 6 nitrogen and oxygen atoms in total. The van der Waals surface area contributed by atoms with E-state index < -0.39 is 5.56 Å². The van der Waals surface area contributed by atoms with Crippen molar-refractivity contribution in [2.24, 2.45) is 5.73 Å². The number of aromatic nitrogens is 2. The molecule has 0 radical (unpaired) electrons. The van der Waals surface area contributed by atoms with Crippen LogP contribution < -0.4 is 16.2 Å². The molecule has 0 spiro atoms. The van der Waals surface area contributed by atoms with Crippen LogP contribution in [0, 0.1) is 11.3 Å². The second-order valence-corrected chi connectivity index (χ2v) is 4.40. The normalized spacial score (nSPS) is 24.4. The summed E-state index contributed by atoms with van der Waals surface area (Å²) in [6, 6.07) is 2.18. The Bertz CT molecular complexity index is 503. The molecule has 1 aliphatic rings. The molecule has 0 aromatic carbocycles. The highest BCUT2D eigenvalue weighted by molar-refractivity contribution is 5.39. The quantitative estimate of drug-likeness (QED) is 0.709. The number of nitrogens with two attached hydrogens (primary N) is 1. The van der Waals surface area contributed by atoms with Gasteiger partial charge in [0.15, 0.2) is 0 Å². The van der Waals surface area contributed by atoms with E-state index in [1.54, 1.807) is 6.07 Å². The first-order valence-electron chi connectivity index (χ1n) is 5.63. The number of anilines is 1. The van der Waals surface area contributed by atoms with Crippen molar-refractivity contribution < 1.29 is 0 Å². The van der Waals surface area contributed by atoms with Crippen LogP contribution in [0.25, 0.3) is 0 Å². The first-order valence-corrected chi connectivity index (χ1v) is 5.63. The van der Waals surface area contributed by atoms with Gasteiger partial charge in [-0.25, -0.2) is 4.98 Å². The van der Waals surface area contributed by atoms with E-state index in [-0.39, 0.29) is 11.7 Å². The van der Waals surface area contributed by atoms with E-state index >= 15 is 0 Å². The van der Waals surface area contributed by atoms with Gasteiger partial charge in [0.2, 0.25) is 5.69 Å². The zero-order valence-electron chi connectivity index (χ0n) is 9.68. The van der Waals surface area contributed by atoms with E-state index in [0.29, 0.717) is 18.4 Å². The van der Waals surface area contributed by atoms with Crippen LogP contribution in [0.15, 0.2) is 11.0 Å². The molecule has 17 heavy (non-hydrogen) atoms. The van der Waals surface area contributed by atoms with Gasteiger partial charge in [-0.3, -0.25) is 4.79 Å². The molecular weight excluding hydrogens is 218 g/mol. The number of hydrogen-bond acceptors (Lipinski definition) is 5. The van der Waals surface area contributed by atoms with E-state index in [9.17, 15) is 4.79 Å². The van der Waals surface area contributed by atoms with Crippen molar-refractivity contribution in [3.63, 3.8) is 0 Å². The summed E-state index contributed by atoms with van der Waals surface area (Å²) >= 11 is 0. The lowest BCUT2D eigenvalue weighted by atomic mass is 10.0. The van der Waals surface area contributed by atoms with Gasteiger partial charge in [0.1, 0.15) is 11.9 Å². The number of aromatic amines is 1. The summed E-state index contributed by atoms with van der Waals surface area (Å²) in [7, 11) is 0. The molecule has 90 valence electrons. The molecule has 1 aliphatic heterocycles.